The summed E-state index contributed by atoms with van der Waals surface area (Å²) in [5.41, 5.74) is -0.601. The molecule has 0 aliphatic carbocycles. The zero-order chi connectivity index (χ0) is 20.5. The van der Waals surface area contributed by atoms with Gasteiger partial charge in [0.25, 0.3) is 0 Å². The van der Waals surface area contributed by atoms with Gasteiger partial charge in [-0.2, -0.15) is 13.2 Å². The zero-order valence-electron chi connectivity index (χ0n) is 14.3. The van der Waals surface area contributed by atoms with Gasteiger partial charge in [-0.15, -0.1) is 23.1 Å². The lowest BCUT2D eigenvalue weighted by atomic mass is 10.1. The van der Waals surface area contributed by atoms with Gasteiger partial charge in [-0.3, -0.25) is 9.59 Å². The van der Waals surface area contributed by atoms with Crippen LogP contribution in [0.25, 0.3) is 0 Å². The number of anilines is 2. The molecule has 0 radical (unpaired) electrons. The van der Waals surface area contributed by atoms with Crippen molar-refractivity contribution in [2.45, 2.75) is 22.7 Å². The molecule has 0 unspecified atom stereocenters. The molecule has 6 nitrogen and oxygen atoms in total. The van der Waals surface area contributed by atoms with Crippen molar-refractivity contribution in [2.24, 2.45) is 0 Å². The highest BCUT2D eigenvalue weighted by atomic mass is 32.2. The summed E-state index contributed by atoms with van der Waals surface area (Å²) in [5.74, 6) is -1.67. The van der Waals surface area contributed by atoms with Crippen molar-refractivity contribution in [3.8, 4) is 0 Å². The molecule has 3 rings (SSSR count). The third kappa shape index (κ3) is 4.30. The number of thioether (sulfide) groups is 1. The number of esters is 1. The van der Waals surface area contributed by atoms with Gasteiger partial charge in [0.15, 0.2) is 0 Å². The van der Waals surface area contributed by atoms with Crippen molar-refractivity contribution in [3.63, 3.8) is 0 Å². The van der Waals surface area contributed by atoms with Crippen LogP contribution in [0.1, 0.15) is 22.3 Å². The van der Waals surface area contributed by atoms with Crippen LogP contribution in [0, 0.1) is 0 Å². The third-order valence-corrected chi connectivity index (χ3v) is 5.93. The molecule has 1 aromatic carbocycles. The Morgan fingerprint density at radius 2 is 2.04 bits per heavy atom. The highest BCUT2D eigenvalue weighted by molar-refractivity contribution is 8.01. The molecular weight excluding hydrogens is 417 g/mol. The maximum atomic E-state index is 12.8. The molecule has 0 fully saturated rings. The smallest absolute Gasteiger partial charge is 0.416 e. The predicted octanol–water partition coefficient (Wildman–Crippen LogP) is 4.00. The summed E-state index contributed by atoms with van der Waals surface area (Å²) >= 11 is 2.14. The molecule has 1 aliphatic rings. The molecule has 11 heteroatoms. The highest BCUT2D eigenvalue weighted by Crippen LogP contribution is 2.40. The normalized spacial score (nSPS) is 16.1. The van der Waals surface area contributed by atoms with Crippen molar-refractivity contribution < 1.29 is 32.3 Å². The molecular formula is C17H13F3N2O4S2. The number of amides is 2. The minimum Gasteiger partial charge on any atom is -0.465 e. The summed E-state index contributed by atoms with van der Waals surface area (Å²) in [6.07, 6.45) is -4.73. The van der Waals surface area contributed by atoms with Crippen molar-refractivity contribution in [2.75, 3.05) is 17.7 Å². The Kier molecular flexibility index (Phi) is 5.66. The summed E-state index contributed by atoms with van der Waals surface area (Å²) in [7, 11) is 1.22. The number of carbonyl (C=O) groups is 3. The van der Waals surface area contributed by atoms with Crippen LogP contribution in [0.2, 0.25) is 0 Å². The molecule has 1 aliphatic heterocycles. The van der Waals surface area contributed by atoms with Crippen LogP contribution in [0.4, 0.5) is 23.9 Å². The fraction of sp³-hybridized carbons (Fsp3) is 0.235. The van der Waals surface area contributed by atoms with Crippen LogP contribution in [0.15, 0.2) is 34.5 Å². The number of fused-ring (bicyclic) bond motifs is 1. The first-order valence-electron chi connectivity index (χ1n) is 7.83. The summed E-state index contributed by atoms with van der Waals surface area (Å²) in [6.45, 7) is 0. The van der Waals surface area contributed by atoms with Gasteiger partial charge >= 0.3 is 12.1 Å². The van der Waals surface area contributed by atoms with Gasteiger partial charge < -0.3 is 15.4 Å². The largest absolute Gasteiger partial charge is 0.465 e. The van der Waals surface area contributed by atoms with Gasteiger partial charge in [0.05, 0.1) is 29.2 Å². The van der Waals surface area contributed by atoms with Gasteiger partial charge in [0.1, 0.15) is 5.00 Å². The molecule has 1 atom stereocenters. The highest BCUT2D eigenvalue weighted by Gasteiger charge is 2.34. The molecule has 2 amide bonds. The van der Waals surface area contributed by atoms with E-state index in [1.54, 1.807) is 5.38 Å². The Morgan fingerprint density at radius 1 is 1.29 bits per heavy atom. The molecule has 28 heavy (non-hydrogen) atoms. The summed E-state index contributed by atoms with van der Waals surface area (Å²) in [6, 6.07) is 4.56. The van der Waals surface area contributed by atoms with E-state index in [1.807, 2.05) is 0 Å². The fourth-order valence-electron chi connectivity index (χ4n) is 2.48. The van der Waals surface area contributed by atoms with E-state index >= 15 is 0 Å². The number of hydrogen-bond donors (Lipinski definition) is 2. The Hall–Kier alpha value is -2.53. The standard InChI is InChI=1S/C17H13F3N2O4S2/c1-26-16(25)9-4-5-27-15(9)22-13(23)7-12-14(24)21-10-6-8(17(18,19)20)2-3-11(10)28-12/h2-6,12H,7H2,1H3,(H,21,24)(H,22,23)/t12-/m1/s1. The van der Waals surface area contributed by atoms with Crippen LogP contribution < -0.4 is 10.6 Å². The molecule has 0 spiro atoms. The van der Waals surface area contributed by atoms with Crippen molar-refractivity contribution in [1.29, 1.82) is 0 Å². The van der Waals surface area contributed by atoms with Gasteiger partial charge in [-0.1, -0.05) is 0 Å². The van der Waals surface area contributed by atoms with Gasteiger partial charge in [-0.05, 0) is 29.6 Å². The molecule has 1 aromatic heterocycles. The number of ether oxygens (including phenoxy) is 1. The third-order valence-electron chi connectivity index (χ3n) is 3.82. The molecule has 0 bridgehead atoms. The van der Waals surface area contributed by atoms with E-state index in [4.69, 9.17) is 0 Å². The number of carbonyl (C=O) groups excluding carboxylic acids is 3. The van der Waals surface area contributed by atoms with E-state index in [0.717, 1.165) is 35.2 Å². The van der Waals surface area contributed by atoms with E-state index < -0.39 is 34.8 Å². The second-order valence-corrected chi connectivity index (χ2v) is 7.87. The quantitative estimate of drug-likeness (QED) is 0.717. The second-order valence-electron chi connectivity index (χ2n) is 5.71. The maximum Gasteiger partial charge on any atom is 0.416 e. The van der Waals surface area contributed by atoms with Crippen molar-refractivity contribution in [1.82, 2.24) is 0 Å². The minimum atomic E-state index is -4.51. The van der Waals surface area contributed by atoms with E-state index in [9.17, 15) is 27.6 Å². The lowest BCUT2D eigenvalue weighted by Crippen LogP contribution is -2.32. The summed E-state index contributed by atoms with van der Waals surface area (Å²) in [4.78, 5) is 36.6. The number of rotatable bonds is 4. The Bertz CT molecular complexity index is 943. The number of benzene rings is 1. The minimum absolute atomic E-state index is 0.0627. The molecule has 148 valence electrons. The van der Waals surface area contributed by atoms with Crippen LogP contribution in [-0.2, 0) is 20.5 Å². The van der Waals surface area contributed by atoms with E-state index in [1.165, 1.54) is 19.2 Å². The number of nitrogens with one attached hydrogen (secondary N) is 2. The monoisotopic (exact) mass is 430 g/mol. The molecule has 2 heterocycles. The second kappa shape index (κ2) is 7.84. The lowest BCUT2D eigenvalue weighted by Gasteiger charge is -2.24. The Balaban J connectivity index is 1.69. The van der Waals surface area contributed by atoms with Crippen LogP contribution in [0.5, 0.6) is 0 Å². The van der Waals surface area contributed by atoms with Gasteiger partial charge in [-0.25, -0.2) is 4.79 Å². The number of methoxy groups -OCH3 is 1. The van der Waals surface area contributed by atoms with Crippen molar-refractivity contribution >= 4 is 51.6 Å². The SMILES string of the molecule is COC(=O)c1ccsc1NC(=O)C[C@H]1Sc2ccc(C(F)(F)F)cc2NC1=O. The first-order chi connectivity index (χ1) is 13.2. The zero-order valence-corrected chi connectivity index (χ0v) is 15.9. The number of thiophene rings is 1. The number of hydrogen-bond acceptors (Lipinski definition) is 6. The number of alkyl halides is 3. The van der Waals surface area contributed by atoms with E-state index in [2.05, 4.69) is 15.4 Å². The van der Waals surface area contributed by atoms with E-state index in [0.29, 0.717) is 9.90 Å². The predicted molar refractivity (Wildman–Crippen MR) is 98.6 cm³/mol. The first-order valence-corrected chi connectivity index (χ1v) is 9.59. The van der Waals surface area contributed by atoms with Crippen LogP contribution in [0.3, 0.4) is 0 Å². The molecule has 2 aromatic rings. The Morgan fingerprint density at radius 3 is 2.71 bits per heavy atom. The number of halogens is 3. The molecule has 0 saturated carbocycles. The maximum absolute atomic E-state index is 12.8. The van der Waals surface area contributed by atoms with Crippen molar-refractivity contribution in [3.05, 3.63) is 40.8 Å². The fourth-order valence-corrected chi connectivity index (χ4v) is 4.37. The van der Waals surface area contributed by atoms with E-state index in [-0.39, 0.29) is 17.7 Å². The summed E-state index contributed by atoms with van der Waals surface area (Å²) in [5, 5.41) is 6.07. The average molecular weight is 430 g/mol. The van der Waals surface area contributed by atoms with Crippen LogP contribution in [-0.4, -0.2) is 30.1 Å². The molecule has 0 saturated heterocycles. The Labute approximate surface area is 165 Å². The first kappa shape index (κ1) is 20.2. The van der Waals surface area contributed by atoms with Crippen LogP contribution >= 0.6 is 23.1 Å². The summed E-state index contributed by atoms with van der Waals surface area (Å²) < 4.78 is 43.0. The lowest BCUT2D eigenvalue weighted by molar-refractivity contribution is -0.137. The average Bonchev–Trinajstić information content (AvgIpc) is 3.08. The van der Waals surface area contributed by atoms with Gasteiger partial charge in [0, 0.05) is 11.3 Å². The topological polar surface area (TPSA) is 84.5 Å². The van der Waals surface area contributed by atoms with Gasteiger partial charge in [0.2, 0.25) is 11.8 Å². The molecule has 2 N–H and O–H groups in total.